The van der Waals surface area contributed by atoms with Gasteiger partial charge in [0.15, 0.2) is 5.96 Å². The van der Waals surface area contributed by atoms with Crippen molar-refractivity contribution >= 4 is 29.9 Å². The lowest BCUT2D eigenvalue weighted by Gasteiger charge is -2.27. The van der Waals surface area contributed by atoms with E-state index in [1.165, 1.54) is 45.1 Å². The summed E-state index contributed by atoms with van der Waals surface area (Å²) in [6, 6.07) is 0. The molecule has 0 aliphatic heterocycles. The fourth-order valence-electron chi connectivity index (χ4n) is 3.73. The SMILES string of the molecule is CCNC(=NCC1(CCOC)CCCC1)NCCCCN(CC)CC.I. The predicted molar refractivity (Wildman–Crippen MR) is 124 cm³/mol. The van der Waals surface area contributed by atoms with Crippen LogP contribution in [0.25, 0.3) is 0 Å². The molecule has 0 aromatic rings. The van der Waals surface area contributed by atoms with Gasteiger partial charge >= 0.3 is 0 Å². The summed E-state index contributed by atoms with van der Waals surface area (Å²) in [5.41, 5.74) is 0.362. The van der Waals surface area contributed by atoms with Gasteiger partial charge < -0.3 is 20.3 Å². The average Bonchev–Trinajstić information content (AvgIpc) is 3.10. The Kier molecular flexibility index (Phi) is 15.9. The third-order valence-corrected chi connectivity index (χ3v) is 5.51. The van der Waals surface area contributed by atoms with E-state index in [1.807, 2.05) is 0 Å². The summed E-state index contributed by atoms with van der Waals surface area (Å²) >= 11 is 0. The molecule has 0 heterocycles. The molecule has 0 unspecified atom stereocenters. The highest BCUT2D eigenvalue weighted by molar-refractivity contribution is 14.0. The minimum atomic E-state index is 0. The quantitative estimate of drug-likeness (QED) is 0.181. The Morgan fingerprint density at radius 3 is 2.35 bits per heavy atom. The van der Waals surface area contributed by atoms with Gasteiger partial charge in [0.25, 0.3) is 0 Å². The van der Waals surface area contributed by atoms with Crippen LogP contribution in [0.5, 0.6) is 0 Å². The molecule has 1 fully saturated rings. The summed E-state index contributed by atoms with van der Waals surface area (Å²) in [6.07, 6.45) is 8.84. The smallest absolute Gasteiger partial charge is 0.191 e. The molecule has 156 valence electrons. The van der Waals surface area contributed by atoms with Crippen molar-refractivity contribution in [1.82, 2.24) is 15.5 Å². The van der Waals surface area contributed by atoms with Crippen molar-refractivity contribution in [2.75, 3.05) is 53.0 Å². The normalized spacial score (nSPS) is 16.6. The molecule has 5 nitrogen and oxygen atoms in total. The van der Waals surface area contributed by atoms with Crippen molar-refractivity contribution in [2.24, 2.45) is 10.4 Å². The summed E-state index contributed by atoms with van der Waals surface area (Å²) in [5.74, 6) is 0.981. The van der Waals surface area contributed by atoms with Crippen LogP contribution in [0.1, 0.15) is 65.7 Å². The highest BCUT2D eigenvalue weighted by atomic mass is 127. The molecule has 0 atom stereocenters. The summed E-state index contributed by atoms with van der Waals surface area (Å²) in [4.78, 5) is 7.40. The maximum atomic E-state index is 5.33. The van der Waals surface area contributed by atoms with E-state index in [0.717, 1.165) is 51.7 Å². The Balaban J connectivity index is 0.00000625. The summed E-state index contributed by atoms with van der Waals surface area (Å²) in [6.45, 7) is 13.8. The van der Waals surface area contributed by atoms with Gasteiger partial charge in [0, 0.05) is 33.4 Å². The Labute approximate surface area is 179 Å². The van der Waals surface area contributed by atoms with Crippen molar-refractivity contribution < 1.29 is 4.74 Å². The maximum Gasteiger partial charge on any atom is 0.191 e. The molecule has 2 N–H and O–H groups in total. The standard InChI is InChI=1S/C20H42N4O.HI/c1-5-21-19(22-15-10-11-16-24(6-2)7-3)23-18-20(14-17-25-4)12-8-9-13-20;/h5-18H2,1-4H3,(H2,21,22,23);1H. The maximum absolute atomic E-state index is 5.33. The number of methoxy groups -OCH3 is 1. The predicted octanol–water partition coefficient (Wildman–Crippen LogP) is 3.88. The Morgan fingerprint density at radius 2 is 1.77 bits per heavy atom. The number of hydrogen-bond donors (Lipinski definition) is 2. The molecule has 0 saturated heterocycles. The lowest BCUT2D eigenvalue weighted by atomic mass is 9.83. The Bertz CT molecular complexity index is 356. The van der Waals surface area contributed by atoms with Gasteiger partial charge in [-0.1, -0.05) is 26.7 Å². The first-order valence-corrected chi connectivity index (χ1v) is 10.4. The minimum absolute atomic E-state index is 0. The first-order chi connectivity index (χ1) is 12.2. The van der Waals surface area contributed by atoms with Crippen molar-refractivity contribution in [3.63, 3.8) is 0 Å². The molecule has 6 heteroatoms. The van der Waals surface area contributed by atoms with Crippen LogP contribution in [-0.2, 0) is 4.74 Å². The van der Waals surface area contributed by atoms with Gasteiger partial charge in [-0.25, -0.2) is 0 Å². The van der Waals surface area contributed by atoms with Crippen LogP contribution in [0.3, 0.4) is 0 Å². The van der Waals surface area contributed by atoms with Crippen LogP contribution in [-0.4, -0.2) is 63.8 Å². The van der Waals surface area contributed by atoms with Gasteiger partial charge in [-0.15, -0.1) is 24.0 Å². The number of aliphatic imine (C=N–C) groups is 1. The third kappa shape index (κ3) is 10.3. The van der Waals surface area contributed by atoms with Crippen LogP contribution in [0.2, 0.25) is 0 Å². The molecule has 0 aromatic heterocycles. The van der Waals surface area contributed by atoms with Crippen LogP contribution < -0.4 is 10.6 Å². The zero-order valence-corrected chi connectivity index (χ0v) is 19.9. The van der Waals surface area contributed by atoms with Crippen LogP contribution >= 0.6 is 24.0 Å². The van der Waals surface area contributed by atoms with E-state index in [9.17, 15) is 0 Å². The Hall–Kier alpha value is -0.0800. The zero-order chi connectivity index (χ0) is 18.4. The van der Waals surface area contributed by atoms with Crippen LogP contribution in [0.15, 0.2) is 4.99 Å². The molecule has 1 rings (SSSR count). The molecule has 0 bridgehead atoms. The number of nitrogens with zero attached hydrogens (tertiary/aromatic N) is 2. The van der Waals surface area contributed by atoms with E-state index in [4.69, 9.17) is 9.73 Å². The molecule has 0 aromatic carbocycles. The van der Waals surface area contributed by atoms with E-state index in [1.54, 1.807) is 7.11 Å². The largest absolute Gasteiger partial charge is 0.385 e. The Morgan fingerprint density at radius 1 is 1.08 bits per heavy atom. The van der Waals surface area contributed by atoms with Crippen molar-refractivity contribution in [2.45, 2.75) is 65.7 Å². The van der Waals surface area contributed by atoms with Gasteiger partial charge in [-0.3, -0.25) is 4.99 Å². The zero-order valence-electron chi connectivity index (χ0n) is 17.6. The molecule has 1 aliphatic carbocycles. The number of guanidine groups is 1. The number of ether oxygens (including phenoxy) is 1. The highest BCUT2D eigenvalue weighted by Crippen LogP contribution is 2.41. The molecule has 0 amide bonds. The molecular formula is C20H43IN4O. The van der Waals surface area contributed by atoms with Gasteiger partial charge in [-0.2, -0.15) is 0 Å². The number of rotatable bonds is 13. The second-order valence-corrected chi connectivity index (χ2v) is 7.31. The van der Waals surface area contributed by atoms with E-state index < -0.39 is 0 Å². The summed E-state index contributed by atoms with van der Waals surface area (Å²) in [5, 5.41) is 6.92. The summed E-state index contributed by atoms with van der Waals surface area (Å²) in [7, 11) is 1.80. The second-order valence-electron chi connectivity index (χ2n) is 7.31. The highest BCUT2D eigenvalue weighted by Gasteiger charge is 2.33. The second kappa shape index (κ2) is 15.9. The topological polar surface area (TPSA) is 48.9 Å². The number of nitrogens with one attached hydrogen (secondary N) is 2. The van der Waals surface area contributed by atoms with Gasteiger partial charge in [0.05, 0.1) is 0 Å². The minimum Gasteiger partial charge on any atom is -0.385 e. The first kappa shape index (κ1) is 25.9. The number of unbranched alkanes of at least 4 members (excludes halogenated alkanes) is 1. The van der Waals surface area contributed by atoms with Gasteiger partial charge in [-0.05, 0) is 64.1 Å². The third-order valence-electron chi connectivity index (χ3n) is 5.51. The molecule has 0 radical (unpaired) electrons. The molecule has 26 heavy (non-hydrogen) atoms. The van der Waals surface area contributed by atoms with Crippen LogP contribution in [0, 0.1) is 5.41 Å². The lowest BCUT2D eigenvalue weighted by molar-refractivity contribution is 0.141. The number of hydrogen-bond acceptors (Lipinski definition) is 3. The first-order valence-electron chi connectivity index (χ1n) is 10.4. The molecular weight excluding hydrogens is 439 g/mol. The summed E-state index contributed by atoms with van der Waals surface area (Å²) < 4.78 is 5.33. The van der Waals surface area contributed by atoms with Crippen LogP contribution in [0.4, 0.5) is 0 Å². The molecule has 0 spiro atoms. The molecule has 1 aliphatic rings. The fraction of sp³-hybridized carbons (Fsp3) is 0.950. The van der Waals surface area contributed by atoms with E-state index in [0.29, 0.717) is 5.41 Å². The van der Waals surface area contributed by atoms with Crippen molar-refractivity contribution in [3.05, 3.63) is 0 Å². The van der Waals surface area contributed by atoms with E-state index in [-0.39, 0.29) is 24.0 Å². The monoisotopic (exact) mass is 482 g/mol. The number of halogens is 1. The average molecular weight is 482 g/mol. The van der Waals surface area contributed by atoms with Gasteiger partial charge in [0.1, 0.15) is 0 Å². The van der Waals surface area contributed by atoms with E-state index >= 15 is 0 Å². The fourth-order valence-corrected chi connectivity index (χ4v) is 3.73. The van der Waals surface area contributed by atoms with Crippen molar-refractivity contribution in [1.29, 1.82) is 0 Å². The van der Waals surface area contributed by atoms with Gasteiger partial charge in [0.2, 0.25) is 0 Å². The molecule has 1 saturated carbocycles. The lowest BCUT2D eigenvalue weighted by Crippen LogP contribution is -2.39. The van der Waals surface area contributed by atoms with Crippen molar-refractivity contribution in [3.8, 4) is 0 Å². The van der Waals surface area contributed by atoms with E-state index in [2.05, 4.69) is 36.3 Å².